The molecule has 1 heterocycles. The van der Waals surface area contributed by atoms with Crippen molar-refractivity contribution in [3.8, 4) is 5.75 Å². The van der Waals surface area contributed by atoms with Gasteiger partial charge in [-0.05, 0) is 72.8 Å². The summed E-state index contributed by atoms with van der Waals surface area (Å²) in [6, 6.07) is 21.4. The molecule has 1 saturated carbocycles. The average molecular weight is 580 g/mol. The molecular formula is C37H41NO5. The predicted molar refractivity (Wildman–Crippen MR) is 169 cm³/mol. The molecule has 0 bridgehead atoms. The Morgan fingerprint density at radius 2 is 1.63 bits per heavy atom. The molecule has 0 spiro atoms. The molecule has 3 aliphatic rings. The molecule has 224 valence electrons. The first-order valence-corrected chi connectivity index (χ1v) is 15.7. The number of benzene rings is 3. The molecule has 2 amide bonds. The number of rotatable bonds is 8. The summed E-state index contributed by atoms with van der Waals surface area (Å²) < 4.78 is 0. The number of carbonyl (C=O) groups is 2. The summed E-state index contributed by atoms with van der Waals surface area (Å²) in [7, 11) is 0. The number of hydrogen-bond donors (Lipinski definition) is 3. The quantitative estimate of drug-likeness (QED) is 0.161. The molecule has 3 aromatic carbocycles. The number of allylic oxidation sites excluding steroid dienone is 2. The highest BCUT2D eigenvalue weighted by atomic mass is 16.3. The number of carbonyl (C=O) groups excluding carboxylic acids is 2. The molecule has 43 heavy (non-hydrogen) atoms. The van der Waals surface area contributed by atoms with Gasteiger partial charge in [0.2, 0.25) is 11.8 Å². The summed E-state index contributed by atoms with van der Waals surface area (Å²) in [5, 5.41) is 34.4. The molecule has 1 saturated heterocycles. The fourth-order valence-electron chi connectivity index (χ4n) is 7.86. The molecule has 2 aliphatic carbocycles. The Balaban J connectivity index is 1.27. The third-order valence-electron chi connectivity index (χ3n) is 9.95. The summed E-state index contributed by atoms with van der Waals surface area (Å²) in [5.41, 5.74) is 4.69. The summed E-state index contributed by atoms with van der Waals surface area (Å²) >= 11 is 0. The number of imide groups is 1. The Kier molecular flexibility index (Phi) is 8.51. The fraction of sp³-hybridized carbons (Fsp3) is 0.405. The van der Waals surface area contributed by atoms with E-state index in [2.05, 4.69) is 18.2 Å². The van der Waals surface area contributed by atoms with Crippen LogP contribution in [0.4, 0.5) is 0 Å². The van der Waals surface area contributed by atoms with Crippen molar-refractivity contribution in [2.75, 3.05) is 6.61 Å². The molecule has 6 rings (SSSR count). The van der Waals surface area contributed by atoms with E-state index < -0.39 is 23.9 Å². The molecule has 0 unspecified atom stereocenters. The van der Waals surface area contributed by atoms with Crippen LogP contribution in [0, 0.1) is 17.8 Å². The molecule has 3 aromatic rings. The normalized spacial score (nSPS) is 24.1. The van der Waals surface area contributed by atoms with E-state index in [1.54, 1.807) is 6.07 Å². The van der Waals surface area contributed by atoms with Crippen molar-refractivity contribution in [1.82, 2.24) is 4.90 Å². The number of phenols is 1. The largest absolute Gasteiger partial charge is 0.507 e. The van der Waals surface area contributed by atoms with Gasteiger partial charge in [0.05, 0.1) is 24.5 Å². The Hall–Kier alpha value is -3.74. The number of aromatic hydroxyl groups is 1. The zero-order valence-electron chi connectivity index (χ0n) is 24.8. The van der Waals surface area contributed by atoms with Gasteiger partial charge in [0.25, 0.3) is 0 Å². The SMILES string of the molecule is CC1=C([C@H](O)CC/C(=C/c2ccc(O)c3ccccc23)c2ccccc2)[C@H](CO)[C@@H]2C(=O)N(C3CCCCC3)C(=O)[C@@H]2C1. The summed E-state index contributed by atoms with van der Waals surface area (Å²) in [5.74, 6) is -1.65. The topological polar surface area (TPSA) is 98.1 Å². The zero-order valence-corrected chi connectivity index (χ0v) is 24.8. The van der Waals surface area contributed by atoms with E-state index in [-0.39, 0.29) is 30.2 Å². The number of fused-ring (bicyclic) bond motifs is 2. The Morgan fingerprint density at radius 1 is 0.930 bits per heavy atom. The van der Waals surface area contributed by atoms with Gasteiger partial charge in [-0.1, -0.05) is 91.6 Å². The zero-order chi connectivity index (χ0) is 30.1. The third kappa shape index (κ3) is 5.54. The highest BCUT2D eigenvalue weighted by molar-refractivity contribution is 6.06. The lowest BCUT2D eigenvalue weighted by molar-refractivity contribution is -0.143. The molecular weight excluding hydrogens is 538 g/mol. The smallest absolute Gasteiger partial charge is 0.234 e. The van der Waals surface area contributed by atoms with Crippen LogP contribution >= 0.6 is 0 Å². The number of phenolic OH excluding ortho intramolecular Hbond substituents is 1. The maximum absolute atomic E-state index is 13.7. The molecule has 6 heteroatoms. The molecule has 6 nitrogen and oxygen atoms in total. The average Bonchev–Trinajstić information content (AvgIpc) is 3.28. The van der Waals surface area contributed by atoms with Crippen LogP contribution in [-0.2, 0) is 9.59 Å². The number of amides is 2. The van der Waals surface area contributed by atoms with Crippen molar-refractivity contribution < 1.29 is 24.9 Å². The van der Waals surface area contributed by atoms with Crippen LogP contribution in [0.25, 0.3) is 22.4 Å². The van der Waals surface area contributed by atoms with Crippen LogP contribution in [0.5, 0.6) is 5.75 Å². The second kappa shape index (κ2) is 12.5. The van der Waals surface area contributed by atoms with Gasteiger partial charge < -0.3 is 15.3 Å². The molecule has 0 radical (unpaired) electrons. The first-order chi connectivity index (χ1) is 20.9. The molecule has 3 N–H and O–H groups in total. The van der Waals surface area contributed by atoms with Gasteiger partial charge in [-0.2, -0.15) is 0 Å². The predicted octanol–water partition coefficient (Wildman–Crippen LogP) is 6.49. The maximum atomic E-state index is 13.7. The van der Waals surface area contributed by atoms with Crippen molar-refractivity contribution in [2.45, 2.75) is 70.4 Å². The summed E-state index contributed by atoms with van der Waals surface area (Å²) in [6.07, 6.45) is 7.58. The van der Waals surface area contributed by atoms with E-state index in [0.717, 1.165) is 70.7 Å². The second-order valence-corrected chi connectivity index (χ2v) is 12.5. The van der Waals surface area contributed by atoms with Crippen molar-refractivity contribution in [1.29, 1.82) is 0 Å². The molecule has 2 fully saturated rings. The van der Waals surface area contributed by atoms with E-state index in [4.69, 9.17) is 0 Å². The van der Waals surface area contributed by atoms with E-state index in [0.29, 0.717) is 19.3 Å². The standard InChI is InChI=1S/C37H41NO5/c1-23-20-30-35(37(43)38(36(30)42)27-12-6-3-7-13-27)31(22-39)34(23)33(41)19-16-25(24-10-4-2-5-11-24)21-26-17-18-32(40)29-15-9-8-14-28(26)29/h2,4-5,8-11,14-15,17-18,21,27,30-31,33,35,39-41H,3,6-7,12-13,16,19-20,22H2,1H3/b25-21-/t30-,31+,33-,35-/m1/s1. The van der Waals surface area contributed by atoms with Crippen molar-refractivity contribution in [2.24, 2.45) is 17.8 Å². The Labute approximate surface area is 253 Å². The van der Waals surface area contributed by atoms with E-state index >= 15 is 0 Å². The van der Waals surface area contributed by atoms with E-state index in [1.807, 2.05) is 55.5 Å². The molecule has 4 atom stereocenters. The number of nitrogens with zero attached hydrogens (tertiary/aromatic N) is 1. The van der Waals surface area contributed by atoms with Crippen LogP contribution in [0.1, 0.15) is 69.4 Å². The monoisotopic (exact) mass is 579 g/mol. The van der Waals surface area contributed by atoms with Gasteiger partial charge in [0, 0.05) is 17.3 Å². The van der Waals surface area contributed by atoms with Crippen LogP contribution in [0.3, 0.4) is 0 Å². The number of aliphatic hydroxyl groups is 2. The van der Waals surface area contributed by atoms with E-state index in [9.17, 15) is 24.9 Å². The Morgan fingerprint density at radius 3 is 2.35 bits per heavy atom. The van der Waals surface area contributed by atoms with Gasteiger partial charge in [-0.3, -0.25) is 14.5 Å². The van der Waals surface area contributed by atoms with E-state index in [1.165, 1.54) is 4.90 Å². The van der Waals surface area contributed by atoms with Gasteiger partial charge in [-0.25, -0.2) is 0 Å². The van der Waals surface area contributed by atoms with Gasteiger partial charge in [0.15, 0.2) is 0 Å². The van der Waals surface area contributed by atoms with Gasteiger partial charge >= 0.3 is 0 Å². The third-order valence-corrected chi connectivity index (χ3v) is 9.95. The number of aliphatic hydroxyl groups excluding tert-OH is 2. The minimum Gasteiger partial charge on any atom is -0.507 e. The minimum atomic E-state index is -0.853. The number of hydrogen-bond acceptors (Lipinski definition) is 5. The van der Waals surface area contributed by atoms with Crippen molar-refractivity contribution in [3.05, 3.63) is 89.0 Å². The summed E-state index contributed by atoms with van der Waals surface area (Å²) in [6.45, 7) is 1.66. The maximum Gasteiger partial charge on any atom is 0.234 e. The first kappa shape index (κ1) is 29.3. The highest BCUT2D eigenvalue weighted by Crippen LogP contribution is 2.47. The molecule has 0 aromatic heterocycles. The van der Waals surface area contributed by atoms with Crippen molar-refractivity contribution >= 4 is 34.2 Å². The Bertz CT molecular complexity index is 1570. The van der Waals surface area contributed by atoms with Crippen molar-refractivity contribution in [3.63, 3.8) is 0 Å². The lowest BCUT2D eigenvalue weighted by Crippen LogP contribution is -2.42. The van der Waals surface area contributed by atoms with Gasteiger partial charge in [0.1, 0.15) is 5.75 Å². The molecule has 1 aliphatic heterocycles. The highest BCUT2D eigenvalue weighted by Gasteiger charge is 2.55. The van der Waals surface area contributed by atoms with Crippen LogP contribution in [-0.4, -0.2) is 50.8 Å². The van der Waals surface area contributed by atoms with Crippen LogP contribution in [0.2, 0.25) is 0 Å². The number of likely N-dealkylation sites (tertiary alicyclic amines) is 1. The minimum absolute atomic E-state index is 0.0399. The lowest BCUT2D eigenvalue weighted by atomic mass is 9.68. The summed E-state index contributed by atoms with van der Waals surface area (Å²) in [4.78, 5) is 28.8. The lowest BCUT2D eigenvalue weighted by Gasteiger charge is -2.35. The first-order valence-electron chi connectivity index (χ1n) is 15.7. The van der Waals surface area contributed by atoms with Gasteiger partial charge in [-0.15, -0.1) is 0 Å². The second-order valence-electron chi connectivity index (χ2n) is 12.5. The van der Waals surface area contributed by atoms with Crippen LogP contribution < -0.4 is 0 Å². The van der Waals surface area contributed by atoms with Crippen LogP contribution in [0.15, 0.2) is 77.9 Å². The fourth-order valence-corrected chi connectivity index (χ4v) is 7.86.